The lowest BCUT2D eigenvalue weighted by atomic mass is 10.0. The summed E-state index contributed by atoms with van der Waals surface area (Å²) in [6.45, 7) is 0. The third-order valence-corrected chi connectivity index (χ3v) is 3.67. The third kappa shape index (κ3) is 2.34. The Kier molecular flexibility index (Phi) is 2.84. The standard InChI is InChI=1S/C12H18N4O/c1-17-11-6-13-12(14-7-11)16-10-4-8-2-3-9(5-10)15-8/h6-10,15H,2-5H2,1H3,(H,13,14,16). The Morgan fingerprint density at radius 1 is 1.24 bits per heavy atom. The number of anilines is 1. The van der Waals surface area contributed by atoms with Gasteiger partial charge in [-0.25, -0.2) is 9.97 Å². The molecular weight excluding hydrogens is 216 g/mol. The number of rotatable bonds is 3. The minimum Gasteiger partial charge on any atom is -0.494 e. The molecule has 2 N–H and O–H groups in total. The highest BCUT2D eigenvalue weighted by atomic mass is 16.5. The van der Waals surface area contributed by atoms with E-state index in [1.807, 2.05) is 0 Å². The Morgan fingerprint density at radius 2 is 1.88 bits per heavy atom. The van der Waals surface area contributed by atoms with Crippen LogP contribution in [0.2, 0.25) is 0 Å². The number of hydrogen-bond acceptors (Lipinski definition) is 5. The summed E-state index contributed by atoms with van der Waals surface area (Å²) in [5.74, 6) is 1.40. The molecule has 3 rings (SSSR count). The minimum atomic E-state index is 0.502. The molecule has 2 atom stereocenters. The smallest absolute Gasteiger partial charge is 0.223 e. The second kappa shape index (κ2) is 4.49. The summed E-state index contributed by atoms with van der Waals surface area (Å²) in [5.41, 5.74) is 0. The SMILES string of the molecule is COc1cnc(NC2CC3CCC(C2)N3)nc1. The number of fused-ring (bicyclic) bond motifs is 2. The molecule has 2 fully saturated rings. The fourth-order valence-electron chi connectivity index (χ4n) is 2.85. The Labute approximate surface area is 101 Å². The van der Waals surface area contributed by atoms with Crippen molar-refractivity contribution < 1.29 is 4.74 Å². The fraction of sp³-hybridized carbons (Fsp3) is 0.667. The van der Waals surface area contributed by atoms with Gasteiger partial charge in [-0.3, -0.25) is 0 Å². The maximum Gasteiger partial charge on any atom is 0.223 e. The van der Waals surface area contributed by atoms with Crippen LogP contribution in [0.3, 0.4) is 0 Å². The van der Waals surface area contributed by atoms with Crippen LogP contribution in [0.1, 0.15) is 25.7 Å². The molecule has 2 unspecified atom stereocenters. The first-order valence-electron chi connectivity index (χ1n) is 6.22. The van der Waals surface area contributed by atoms with Crippen molar-refractivity contribution in [1.82, 2.24) is 15.3 Å². The van der Waals surface area contributed by atoms with Crippen molar-refractivity contribution in [2.45, 2.75) is 43.8 Å². The van der Waals surface area contributed by atoms with Crippen molar-refractivity contribution in [1.29, 1.82) is 0 Å². The molecule has 3 heterocycles. The number of nitrogens with one attached hydrogen (secondary N) is 2. The molecule has 0 saturated carbocycles. The van der Waals surface area contributed by atoms with E-state index >= 15 is 0 Å². The highest BCUT2D eigenvalue weighted by Gasteiger charge is 2.33. The van der Waals surface area contributed by atoms with Crippen LogP contribution in [0.4, 0.5) is 5.95 Å². The van der Waals surface area contributed by atoms with E-state index in [0.717, 1.165) is 0 Å². The second-order valence-corrected chi connectivity index (χ2v) is 4.90. The van der Waals surface area contributed by atoms with Crippen LogP contribution in [-0.2, 0) is 0 Å². The van der Waals surface area contributed by atoms with E-state index in [0.29, 0.717) is 29.8 Å². The molecule has 0 aromatic carbocycles. The molecule has 5 heteroatoms. The van der Waals surface area contributed by atoms with E-state index in [4.69, 9.17) is 4.74 Å². The molecular formula is C12H18N4O. The molecule has 92 valence electrons. The molecule has 2 saturated heterocycles. The maximum absolute atomic E-state index is 5.04. The predicted molar refractivity (Wildman–Crippen MR) is 65.2 cm³/mol. The highest BCUT2D eigenvalue weighted by Crippen LogP contribution is 2.28. The molecule has 0 amide bonds. The van der Waals surface area contributed by atoms with Gasteiger partial charge < -0.3 is 15.4 Å². The Morgan fingerprint density at radius 3 is 2.47 bits per heavy atom. The quantitative estimate of drug-likeness (QED) is 0.822. The number of hydrogen-bond donors (Lipinski definition) is 2. The number of nitrogens with zero attached hydrogens (tertiary/aromatic N) is 2. The first kappa shape index (κ1) is 10.8. The molecule has 0 radical (unpaired) electrons. The maximum atomic E-state index is 5.04. The number of piperidine rings is 1. The lowest BCUT2D eigenvalue weighted by molar-refractivity contribution is 0.376. The zero-order valence-corrected chi connectivity index (χ0v) is 10.0. The van der Waals surface area contributed by atoms with Crippen LogP contribution < -0.4 is 15.4 Å². The summed E-state index contributed by atoms with van der Waals surface area (Å²) in [6, 6.07) is 1.87. The van der Waals surface area contributed by atoms with Gasteiger partial charge in [-0.1, -0.05) is 0 Å². The Hall–Kier alpha value is -1.36. The van der Waals surface area contributed by atoms with E-state index in [1.165, 1.54) is 25.7 Å². The molecule has 1 aromatic rings. The first-order valence-corrected chi connectivity index (χ1v) is 6.22. The van der Waals surface area contributed by atoms with E-state index in [1.54, 1.807) is 19.5 Å². The van der Waals surface area contributed by atoms with E-state index in [9.17, 15) is 0 Å². The lowest BCUT2D eigenvalue weighted by Gasteiger charge is -2.29. The van der Waals surface area contributed by atoms with Crippen LogP contribution >= 0.6 is 0 Å². The van der Waals surface area contributed by atoms with Gasteiger partial charge in [0.15, 0.2) is 5.75 Å². The van der Waals surface area contributed by atoms with Gasteiger partial charge >= 0.3 is 0 Å². The van der Waals surface area contributed by atoms with Crippen molar-refractivity contribution >= 4 is 5.95 Å². The second-order valence-electron chi connectivity index (χ2n) is 4.90. The predicted octanol–water partition coefficient (Wildman–Crippen LogP) is 1.18. The molecule has 2 bridgehead atoms. The van der Waals surface area contributed by atoms with Gasteiger partial charge in [0.1, 0.15) is 0 Å². The summed E-state index contributed by atoms with van der Waals surface area (Å²) in [7, 11) is 1.62. The molecule has 2 aliphatic rings. The summed E-state index contributed by atoms with van der Waals surface area (Å²) < 4.78 is 5.04. The molecule has 5 nitrogen and oxygen atoms in total. The number of aromatic nitrogens is 2. The van der Waals surface area contributed by atoms with Crippen molar-refractivity contribution in [3.8, 4) is 5.75 Å². The van der Waals surface area contributed by atoms with E-state index in [2.05, 4.69) is 20.6 Å². The Bertz CT molecular complexity index is 369. The van der Waals surface area contributed by atoms with Gasteiger partial charge in [0.2, 0.25) is 5.95 Å². The van der Waals surface area contributed by atoms with Crippen molar-refractivity contribution in [2.75, 3.05) is 12.4 Å². The normalized spacial score (nSPS) is 31.2. The zero-order valence-electron chi connectivity index (χ0n) is 10.0. The van der Waals surface area contributed by atoms with Gasteiger partial charge in [0.05, 0.1) is 19.5 Å². The van der Waals surface area contributed by atoms with Crippen LogP contribution in [0.15, 0.2) is 12.4 Å². The molecule has 0 spiro atoms. The van der Waals surface area contributed by atoms with Gasteiger partial charge in [0.25, 0.3) is 0 Å². The largest absolute Gasteiger partial charge is 0.494 e. The topological polar surface area (TPSA) is 59.1 Å². The monoisotopic (exact) mass is 234 g/mol. The van der Waals surface area contributed by atoms with Crippen molar-refractivity contribution in [2.24, 2.45) is 0 Å². The van der Waals surface area contributed by atoms with Crippen molar-refractivity contribution in [3.05, 3.63) is 12.4 Å². The van der Waals surface area contributed by atoms with E-state index < -0.39 is 0 Å². The van der Waals surface area contributed by atoms with Gasteiger partial charge in [0, 0.05) is 18.1 Å². The zero-order chi connectivity index (χ0) is 11.7. The summed E-state index contributed by atoms with van der Waals surface area (Å²) in [6.07, 6.45) is 8.37. The minimum absolute atomic E-state index is 0.502. The molecule has 17 heavy (non-hydrogen) atoms. The van der Waals surface area contributed by atoms with Crippen molar-refractivity contribution in [3.63, 3.8) is 0 Å². The van der Waals surface area contributed by atoms with Crippen LogP contribution in [0.25, 0.3) is 0 Å². The van der Waals surface area contributed by atoms with E-state index in [-0.39, 0.29) is 0 Å². The summed E-state index contributed by atoms with van der Waals surface area (Å²) in [4.78, 5) is 8.49. The van der Waals surface area contributed by atoms with Gasteiger partial charge in [-0.05, 0) is 25.7 Å². The number of methoxy groups -OCH3 is 1. The third-order valence-electron chi connectivity index (χ3n) is 3.67. The van der Waals surface area contributed by atoms with Gasteiger partial charge in [-0.2, -0.15) is 0 Å². The molecule has 0 aliphatic carbocycles. The number of ether oxygens (including phenoxy) is 1. The molecule has 1 aromatic heterocycles. The van der Waals surface area contributed by atoms with Crippen LogP contribution in [0, 0.1) is 0 Å². The van der Waals surface area contributed by atoms with Crippen LogP contribution in [0.5, 0.6) is 5.75 Å². The fourth-order valence-corrected chi connectivity index (χ4v) is 2.85. The summed E-state index contributed by atoms with van der Waals surface area (Å²) >= 11 is 0. The summed E-state index contributed by atoms with van der Waals surface area (Å²) in [5, 5.41) is 7.04. The molecule has 2 aliphatic heterocycles. The highest BCUT2D eigenvalue weighted by molar-refractivity contribution is 5.29. The average molecular weight is 234 g/mol. The Balaban J connectivity index is 1.62. The van der Waals surface area contributed by atoms with Crippen LogP contribution in [-0.4, -0.2) is 35.2 Å². The first-order chi connectivity index (χ1) is 8.33. The average Bonchev–Trinajstić information content (AvgIpc) is 2.70. The lowest BCUT2D eigenvalue weighted by Crippen LogP contribution is -2.43. The van der Waals surface area contributed by atoms with Gasteiger partial charge in [-0.15, -0.1) is 0 Å².